The van der Waals surface area contributed by atoms with Crippen LogP contribution in [0.4, 0.5) is 27.5 Å². The van der Waals surface area contributed by atoms with Gasteiger partial charge in [-0.3, -0.25) is 14.4 Å². The number of halogens is 2. The predicted molar refractivity (Wildman–Crippen MR) is 185 cm³/mol. The first kappa shape index (κ1) is 37.2. The Labute approximate surface area is 291 Å². The molecule has 1 aliphatic rings. The van der Waals surface area contributed by atoms with Gasteiger partial charge >= 0.3 is 5.97 Å². The van der Waals surface area contributed by atoms with Crippen LogP contribution in [0.1, 0.15) is 23.2 Å². The van der Waals surface area contributed by atoms with E-state index in [0.717, 1.165) is 42.6 Å². The number of hydrogen-bond donors (Lipinski definition) is 5. The van der Waals surface area contributed by atoms with Crippen LogP contribution in [0.3, 0.4) is 0 Å². The summed E-state index contributed by atoms with van der Waals surface area (Å²) < 4.78 is 35.1. The van der Waals surface area contributed by atoms with Crippen LogP contribution in [0.25, 0.3) is 0 Å². The van der Waals surface area contributed by atoms with E-state index in [9.17, 15) is 14.0 Å². The molecule has 1 aliphatic heterocycles. The van der Waals surface area contributed by atoms with Crippen LogP contribution in [-0.4, -0.2) is 97.2 Å². The van der Waals surface area contributed by atoms with Crippen molar-refractivity contribution in [3.8, 4) is 0 Å². The van der Waals surface area contributed by atoms with E-state index >= 15 is 0 Å². The maximum atomic E-state index is 14.2. The van der Waals surface area contributed by atoms with E-state index < -0.39 is 17.7 Å². The number of carbonyl (C=O) groups excluding carboxylic acids is 1. The Kier molecular flexibility index (Phi) is 15.5. The highest BCUT2D eigenvalue weighted by Crippen LogP contribution is 2.28. The van der Waals surface area contributed by atoms with E-state index in [0.29, 0.717) is 62.4 Å². The van der Waals surface area contributed by atoms with Gasteiger partial charge in [-0.2, -0.15) is 4.98 Å². The lowest BCUT2D eigenvalue weighted by Crippen LogP contribution is -2.37. The highest BCUT2D eigenvalue weighted by Gasteiger charge is 2.19. The van der Waals surface area contributed by atoms with Crippen molar-refractivity contribution in [1.82, 2.24) is 19.6 Å². The molecule has 1 aromatic heterocycles. The molecule has 4 rings (SSSR count). The lowest BCUT2D eigenvalue weighted by Gasteiger charge is -2.31. The largest absolute Gasteiger partial charge is 0.478 e. The molecule has 1 amide bonds. The third kappa shape index (κ3) is 12.8. The summed E-state index contributed by atoms with van der Waals surface area (Å²) in [5.74, 6) is -1.91. The summed E-state index contributed by atoms with van der Waals surface area (Å²) in [6.07, 6.45) is 6.47. The van der Waals surface area contributed by atoms with E-state index in [-0.39, 0.29) is 17.4 Å². The Hall–Kier alpha value is -3.64. The molecule has 258 valence electrons. The molecule has 0 spiro atoms. The van der Waals surface area contributed by atoms with Gasteiger partial charge in [-0.1, -0.05) is 12.1 Å². The quantitative estimate of drug-likeness (QED) is 0.0612. The summed E-state index contributed by atoms with van der Waals surface area (Å²) >= 11 is 4.86. The topological polar surface area (TPSA) is 173 Å². The minimum Gasteiger partial charge on any atom is -0.478 e. The molecular formula is C32H39BrFN7O6S. The van der Waals surface area contributed by atoms with Gasteiger partial charge in [-0.05, 0) is 77.1 Å². The van der Waals surface area contributed by atoms with Gasteiger partial charge in [-0.15, -0.1) is 0 Å². The van der Waals surface area contributed by atoms with Crippen molar-refractivity contribution in [2.75, 3.05) is 69.8 Å². The van der Waals surface area contributed by atoms with Gasteiger partial charge < -0.3 is 35.7 Å². The number of carboxylic acid groups (broad SMARTS) is 1. The first-order valence-electron chi connectivity index (χ1n) is 15.3. The number of amides is 1. The number of hydrogen-bond acceptors (Lipinski definition) is 12. The van der Waals surface area contributed by atoms with Gasteiger partial charge in [0.2, 0.25) is 5.95 Å². The summed E-state index contributed by atoms with van der Waals surface area (Å²) in [4.78, 5) is 34.2. The van der Waals surface area contributed by atoms with E-state index in [2.05, 4.69) is 46.2 Å². The summed E-state index contributed by atoms with van der Waals surface area (Å²) in [6.45, 7) is 5.69. The average Bonchev–Trinajstić information content (AvgIpc) is 3.06. The van der Waals surface area contributed by atoms with Crippen molar-refractivity contribution in [3.05, 3.63) is 76.7 Å². The molecule has 0 radical (unpaired) electrons. The Bertz CT molecular complexity index is 1510. The smallest absolute Gasteiger partial charge is 0.328 e. The normalized spacial score (nSPS) is 14.0. The number of likely N-dealkylation sites (tertiary alicyclic amines) is 1. The van der Waals surface area contributed by atoms with Crippen LogP contribution in [0, 0.1) is 5.82 Å². The number of benzene rings is 2. The van der Waals surface area contributed by atoms with Crippen molar-refractivity contribution in [1.29, 1.82) is 0 Å². The predicted octanol–water partition coefficient (Wildman–Crippen LogP) is 4.72. The summed E-state index contributed by atoms with van der Waals surface area (Å²) in [5.41, 5.74) is 6.05. The zero-order valence-corrected chi connectivity index (χ0v) is 28.6. The minimum atomic E-state index is -0.918. The minimum absolute atomic E-state index is 0.192. The second-order valence-corrected chi connectivity index (χ2v) is 12.3. The van der Waals surface area contributed by atoms with Crippen molar-refractivity contribution >= 4 is 62.9 Å². The number of nitrogens with zero attached hydrogens (tertiary/aromatic N) is 3. The van der Waals surface area contributed by atoms with Crippen LogP contribution in [0.5, 0.6) is 0 Å². The van der Waals surface area contributed by atoms with Crippen LogP contribution in [0.2, 0.25) is 0 Å². The number of aliphatic carboxylic acids is 1. The lowest BCUT2D eigenvalue weighted by atomic mass is 10.1. The van der Waals surface area contributed by atoms with Crippen molar-refractivity contribution in [2.45, 2.75) is 23.8 Å². The molecule has 6 N–H and O–H groups in total. The number of ether oxygens (including phenoxy) is 3. The molecule has 1 saturated heterocycles. The summed E-state index contributed by atoms with van der Waals surface area (Å²) in [5, 5.41) is 14.7. The van der Waals surface area contributed by atoms with Crippen LogP contribution >= 0.6 is 27.9 Å². The fraction of sp³-hybridized carbons (Fsp3) is 0.375. The first-order valence-corrected chi connectivity index (χ1v) is 16.9. The maximum Gasteiger partial charge on any atom is 0.328 e. The number of primary amides is 1. The number of anilines is 4. The highest BCUT2D eigenvalue weighted by molar-refractivity contribution is 9.10. The number of aromatic nitrogens is 2. The SMILES string of the molecule is NC(=O)c1c(F)cccc1Nc1nc(Nc2ccc(SNCCOCCOCCOC3CCN(C/C=C/C(=O)O)CC3)cc2)ncc1Br. The van der Waals surface area contributed by atoms with Crippen molar-refractivity contribution in [2.24, 2.45) is 5.73 Å². The Morgan fingerprint density at radius 3 is 2.52 bits per heavy atom. The van der Waals surface area contributed by atoms with E-state index in [4.69, 9.17) is 25.1 Å². The second-order valence-electron chi connectivity index (χ2n) is 10.5. The average molecular weight is 749 g/mol. The number of rotatable bonds is 20. The van der Waals surface area contributed by atoms with E-state index in [1.807, 2.05) is 24.3 Å². The molecule has 0 aliphatic carbocycles. The Morgan fingerprint density at radius 2 is 1.79 bits per heavy atom. The second kappa shape index (κ2) is 20.0. The molecule has 0 unspecified atom stereocenters. The maximum absolute atomic E-state index is 14.2. The third-order valence-corrected chi connectivity index (χ3v) is 8.45. The number of nitrogens with one attached hydrogen (secondary N) is 3. The fourth-order valence-corrected chi connectivity index (χ4v) is 5.58. The zero-order valence-electron chi connectivity index (χ0n) is 26.2. The van der Waals surface area contributed by atoms with Crippen molar-refractivity contribution in [3.63, 3.8) is 0 Å². The molecule has 1 fully saturated rings. The van der Waals surface area contributed by atoms with E-state index in [1.54, 1.807) is 12.3 Å². The molecule has 0 saturated carbocycles. The Morgan fingerprint density at radius 1 is 1.06 bits per heavy atom. The number of nitrogens with two attached hydrogens (primary N) is 1. The molecule has 0 bridgehead atoms. The molecule has 0 atom stereocenters. The van der Waals surface area contributed by atoms with Crippen molar-refractivity contribution < 1.29 is 33.3 Å². The van der Waals surface area contributed by atoms with Crippen LogP contribution in [0.15, 0.2) is 70.2 Å². The zero-order chi connectivity index (χ0) is 34.1. The molecule has 3 aromatic rings. The first-order chi connectivity index (χ1) is 23.3. The van der Waals surface area contributed by atoms with Gasteiger partial charge in [-0.25, -0.2) is 14.2 Å². The molecule has 13 nitrogen and oxygen atoms in total. The monoisotopic (exact) mass is 747 g/mol. The lowest BCUT2D eigenvalue weighted by molar-refractivity contribution is -0.131. The summed E-state index contributed by atoms with van der Waals surface area (Å²) in [6, 6.07) is 11.9. The number of carbonyl (C=O) groups is 2. The molecular weight excluding hydrogens is 709 g/mol. The van der Waals surface area contributed by atoms with Crippen LogP contribution in [-0.2, 0) is 19.0 Å². The standard InChI is InChI=1S/C32H39BrFN7O6S/c33-25-21-36-32(40-31(25)39-27-4-1-3-26(34)29(27)30(35)44)38-22-6-8-24(9-7-22)48-37-12-16-45-17-18-46-19-20-47-23-10-14-41(15-11-23)13-2-5-28(42)43/h1-9,21,23,37H,10-20H2,(H2,35,44)(H,42,43)(H2,36,38,39,40)/b5-2+. The van der Waals surface area contributed by atoms with Gasteiger partial charge in [0.05, 0.1) is 54.9 Å². The number of carboxylic acids is 1. The Balaban J connectivity index is 1.05. The number of piperidine rings is 1. The van der Waals surface area contributed by atoms with Gasteiger partial charge in [0.1, 0.15) is 11.6 Å². The molecule has 16 heteroatoms. The van der Waals surface area contributed by atoms with Crippen LogP contribution < -0.4 is 21.1 Å². The fourth-order valence-electron chi connectivity index (χ4n) is 4.66. The van der Waals surface area contributed by atoms with E-state index in [1.165, 1.54) is 30.2 Å². The highest BCUT2D eigenvalue weighted by atomic mass is 79.9. The molecule has 2 aromatic carbocycles. The molecule has 48 heavy (non-hydrogen) atoms. The van der Waals surface area contributed by atoms with Gasteiger partial charge in [0.15, 0.2) is 0 Å². The molecule has 2 heterocycles. The summed E-state index contributed by atoms with van der Waals surface area (Å²) in [7, 11) is 0. The van der Waals surface area contributed by atoms with Gasteiger partial charge in [0.25, 0.3) is 5.91 Å². The van der Waals surface area contributed by atoms with Gasteiger partial charge in [0, 0.05) is 49.0 Å². The third-order valence-electron chi connectivity index (χ3n) is 7.02.